The van der Waals surface area contributed by atoms with Gasteiger partial charge in [-0.05, 0) is 42.0 Å². The minimum absolute atomic E-state index is 0.0756. The Bertz CT molecular complexity index is 741. The van der Waals surface area contributed by atoms with Gasteiger partial charge in [0.25, 0.3) is 0 Å². The highest BCUT2D eigenvalue weighted by Crippen LogP contribution is 2.49. The molecule has 2 aromatic carbocycles. The highest BCUT2D eigenvalue weighted by molar-refractivity contribution is 6.21. The van der Waals surface area contributed by atoms with Gasteiger partial charge in [0.15, 0.2) is 0 Å². The van der Waals surface area contributed by atoms with E-state index in [-0.39, 0.29) is 5.38 Å². The molecule has 4 heteroatoms. The summed E-state index contributed by atoms with van der Waals surface area (Å²) < 4.78 is 0. The van der Waals surface area contributed by atoms with Crippen LogP contribution in [0.15, 0.2) is 18.2 Å². The lowest BCUT2D eigenvalue weighted by Gasteiger charge is -2.17. The molecule has 2 heterocycles. The van der Waals surface area contributed by atoms with Gasteiger partial charge in [-0.1, -0.05) is 0 Å². The molecule has 0 radical (unpaired) electrons. The van der Waals surface area contributed by atoms with Gasteiger partial charge in [0.1, 0.15) is 5.75 Å². The van der Waals surface area contributed by atoms with E-state index in [0.717, 1.165) is 30.6 Å². The van der Waals surface area contributed by atoms with E-state index in [1.807, 2.05) is 12.1 Å². The van der Waals surface area contributed by atoms with Crippen LogP contribution in [-0.4, -0.2) is 30.6 Å². The third-order valence-electron chi connectivity index (χ3n) is 4.91. The molecule has 0 aromatic heterocycles. The number of benzene rings is 2. The molecule has 2 aliphatic heterocycles. The lowest BCUT2D eigenvalue weighted by molar-refractivity contribution is 0.481. The Morgan fingerprint density at radius 3 is 3.00 bits per heavy atom. The summed E-state index contributed by atoms with van der Waals surface area (Å²) in [5.41, 5.74) is 4.97. The summed E-state index contributed by atoms with van der Waals surface area (Å²) in [5.74, 6) is 0.676. The number of likely N-dealkylation sites (N-methyl/N-ethyl adjacent to an activating group) is 1. The number of phenolic OH excluding ortho intramolecular Hbond substituents is 1. The van der Waals surface area contributed by atoms with Gasteiger partial charge in [-0.3, -0.25) is 0 Å². The van der Waals surface area contributed by atoms with Crippen molar-refractivity contribution < 1.29 is 5.11 Å². The van der Waals surface area contributed by atoms with Crippen LogP contribution < -0.4 is 10.2 Å². The summed E-state index contributed by atoms with van der Waals surface area (Å²) in [5, 5.41) is 16.1. The van der Waals surface area contributed by atoms with Gasteiger partial charge in [-0.15, -0.1) is 11.6 Å². The Kier molecular flexibility index (Phi) is 2.77. The van der Waals surface area contributed by atoms with Crippen molar-refractivity contribution in [2.75, 3.05) is 30.4 Å². The third-order valence-corrected chi connectivity index (χ3v) is 5.21. The first-order chi connectivity index (χ1) is 10.1. The van der Waals surface area contributed by atoms with Gasteiger partial charge < -0.3 is 15.3 Å². The lowest BCUT2D eigenvalue weighted by atomic mass is 9.89. The minimum Gasteiger partial charge on any atom is -0.507 e. The van der Waals surface area contributed by atoms with Crippen LogP contribution in [0.25, 0.3) is 10.8 Å². The van der Waals surface area contributed by atoms with Crippen molar-refractivity contribution in [3.8, 4) is 5.75 Å². The molecule has 2 aliphatic rings. The number of phenols is 1. The number of aromatic hydroxyl groups is 1. The highest BCUT2D eigenvalue weighted by Gasteiger charge is 2.34. The quantitative estimate of drug-likeness (QED) is 0.789. The zero-order valence-corrected chi connectivity index (χ0v) is 13.0. The van der Waals surface area contributed by atoms with Crippen LogP contribution in [0.3, 0.4) is 0 Å². The largest absolute Gasteiger partial charge is 0.507 e. The first-order valence-corrected chi connectivity index (χ1v) is 7.92. The SMILES string of the molecule is CC(Cl)C1CN(C)c2cc(O)c3ccc4c(c3c21)CCN4. The Morgan fingerprint density at radius 2 is 2.24 bits per heavy atom. The van der Waals surface area contributed by atoms with Gasteiger partial charge in [-0.25, -0.2) is 0 Å². The molecular weight excluding hydrogens is 284 g/mol. The molecule has 0 saturated carbocycles. The van der Waals surface area contributed by atoms with Crippen LogP contribution in [0.4, 0.5) is 11.4 Å². The number of alkyl halides is 1. The van der Waals surface area contributed by atoms with Crippen molar-refractivity contribution >= 4 is 33.7 Å². The fourth-order valence-electron chi connectivity index (χ4n) is 3.88. The standard InChI is InChI=1S/C17H19ClN2O/c1-9(18)12-8-20(2)14-7-15(21)11-3-4-13-10(5-6-19-13)16(11)17(12)14/h3-4,7,9,12,19,21H,5-6,8H2,1-2H3. The molecule has 2 unspecified atom stereocenters. The summed E-state index contributed by atoms with van der Waals surface area (Å²) in [6.45, 7) is 3.95. The molecule has 3 nitrogen and oxygen atoms in total. The maximum atomic E-state index is 10.4. The van der Waals surface area contributed by atoms with Crippen LogP contribution in [0.2, 0.25) is 0 Å². The van der Waals surface area contributed by atoms with Crippen molar-refractivity contribution in [1.29, 1.82) is 0 Å². The van der Waals surface area contributed by atoms with Crippen LogP contribution in [0.5, 0.6) is 5.75 Å². The summed E-state index contributed by atoms with van der Waals surface area (Å²) in [7, 11) is 2.07. The Balaban J connectivity index is 2.12. The topological polar surface area (TPSA) is 35.5 Å². The maximum absolute atomic E-state index is 10.4. The molecule has 2 aromatic rings. The van der Waals surface area contributed by atoms with Crippen molar-refractivity contribution in [2.24, 2.45) is 0 Å². The van der Waals surface area contributed by atoms with Gasteiger partial charge in [0.2, 0.25) is 0 Å². The summed E-state index contributed by atoms with van der Waals surface area (Å²) in [6, 6.07) is 6.00. The average molecular weight is 303 g/mol. The van der Waals surface area contributed by atoms with Crippen LogP contribution in [0, 0.1) is 0 Å². The molecule has 2 atom stereocenters. The second-order valence-corrected chi connectivity index (χ2v) is 6.87. The number of nitrogens with one attached hydrogen (secondary N) is 1. The third kappa shape index (κ3) is 1.73. The molecule has 4 rings (SSSR count). The molecule has 21 heavy (non-hydrogen) atoms. The highest BCUT2D eigenvalue weighted by atomic mass is 35.5. The van der Waals surface area contributed by atoms with E-state index in [2.05, 4.69) is 30.3 Å². The smallest absolute Gasteiger partial charge is 0.125 e. The second-order valence-electron chi connectivity index (χ2n) is 6.18. The fraction of sp³-hybridized carbons (Fsp3) is 0.412. The Labute approximate surface area is 129 Å². The molecule has 0 aliphatic carbocycles. The number of halogens is 1. The predicted molar refractivity (Wildman–Crippen MR) is 89.1 cm³/mol. The molecule has 0 spiro atoms. The number of nitrogens with zero attached hydrogens (tertiary/aromatic N) is 1. The molecule has 0 saturated heterocycles. The molecule has 0 amide bonds. The summed E-state index contributed by atoms with van der Waals surface area (Å²) in [6.07, 6.45) is 1.01. The van der Waals surface area contributed by atoms with E-state index >= 15 is 0 Å². The van der Waals surface area contributed by atoms with Gasteiger partial charge in [0.05, 0.1) is 0 Å². The van der Waals surface area contributed by atoms with Gasteiger partial charge >= 0.3 is 0 Å². The number of anilines is 2. The first kappa shape index (κ1) is 13.1. The fourth-order valence-corrected chi connectivity index (χ4v) is 4.09. The van der Waals surface area contributed by atoms with Crippen molar-refractivity contribution in [3.05, 3.63) is 29.3 Å². The minimum atomic E-state index is 0.0756. The lowest BCUT2D eigenvalue weighted by Crippen LogP contribution is -2.19. The number of fused-ring (bicyclic) bond motifs is 5. The zero-order chi connectivity index (χ0) is 14.7. The molecule has 2 N–H and O–H groups in total. The van der Waals surface area contributed by atoms with Crippen LogP contribution >= 0.6 is 11.6 Å². The zero-order valence-electron chi connectivity index (χ0n) is 12.3. The Morgan fingerprint density at radius 1 is 1.43 bits per heavy atom. The van der Waals surface area contributed by atoms with E-state index in [1.165, 1.54) is 22.2 Å². The first-order valence-electron chi connectivity index (χ1n) is 7.48. The summed E-state index contributed by atoms with van der Waals surface area (Å²) in [4.78, 5) is 2.21. The van der Waals surface area contributed by atoms with E-state index in [1.54, 1.807) is 0 Å². The van der Waals surface area contributed by atoms with Crippen molar-refractivity contribution in [3.63, 3.8) is 0 Å². The van der Waals surface area contributed by atoms with Crippen molar-refractivity contribution in [2.45, 2.75) is 24.6 Å². The normalized spacial score (nSPS) is 21.3. The van der Waals surface area contributed by atoms with Crippen LogP contribution in [0.1, 0.15) is 24.0 Å². The van der Waals surface area contributed by atoms with Gasteiger partial charge in [0, 0.05) is 54.3 Å². The second kappa shape index (κ2) is 4.44. The number of hydrogen-bond acceptors (Lipinski definition) is 3. The molecule has 0 fully saturated rings. The van der Waals surface area contributed by atoms with E-state index < -0.39 is 0 Å². The Hall–Kier alpha value is -1.61. The van der Waals surface area contributed by atoms with Crippen molar-refractivity contribution in [1.82, 2.24) is 0 Å². The van der Waals surface area contributed by atoms with E-state index in [0.29, 0.717) is 11.7 Å². The summed E-state index contributed by atoms with van der Waals surface area (Å²) >= 11 is 6.46. The molecular formula is C17H19ClN2O. The molecule has 0 bridgehead atoms. The molecule has 110 valence electrons. The van der Waals surface area contributed by atoms with E-state index in [9.17, 15) is 5.11 Å². The van der Waals surface area contributed by atoms with Crippen LogP contribution in [-0.2, 0) is 6.42 Å². The van der Waals surface area contributed by atoms with Gasteiger partial charge in [-0.2, -0.15) is 0 Å². The van der Waals surface area contributed by atoms with E-state index in [4.69, 9.17) is 11.6 Å². The number of hydrogen-bond donors (Lipinski definition) is 2. The average Bonchev–Trinajstić information content (AvgIpc) is 3.04. The number of rotatable bonds is 1. The predicted octanol–water partition coefficient (Wildman–Crippen LogP) is 3.67. The monoisotopic (exact) mass is 302 g/mol. The maximum Gasteiger partial charge on any atom is 0.125 e.